The molecule has 0 unspecified atom stereocenters. The Balaban J connectivity index is 1.78. The molecule has 0 bridgehead atoms. The number of carbonyl (C=O) groups is 1. The van der Waals surface area contributed by atoms with Crippen LogP contribution in [-0.2, 0) is 24.2 Å². The molecule has 2 N–H and O–H groups in total. The average molecular weight is 352 g/mol. The first-order chi connectivity index (χ1) is 11.9. The fraction of sp³-hybridized carbons (Fsp3) is 0.412. The highest BCUT2D eigenvalue weighted by Gasteiger charge is 2.21. The average Bonchev–Trinajstić information content (AvgIpc) is 2.86. The minimum Gasteiger partial charge on any atom is -0.323 e. The van der Waals surface area contributed by atoms with E-state index in [1.165, 1.54) is 13.0 Å². The highest BCUT2D eigenvalue weighted by atomic mass is 19.3. The molecule has 1 aliphatic rings. The fourth-order valence-corrected chi connectivity index (χ4v) is 3.13. The first-order valence-electron chi connectivity index (χ1n) is 8.02. The van der Waals surface area contributed by atoms with Crippen molar-refractivity contribution in [1.29, 1.82) is 0 Å². The lowest BCUT2D eigenvalue weighted by Crippen LogP contribution is -2.25. The zero-order valence-electron chi connectivity index (χ0n) is 14.0. The number of aryl methyl sites for hydroxylation is 1. The van der Waals surface area contributed by atoms with Crippen molar-refractivity contribution < 1.29 is 18.0 Å². The van der Waals surface area contributed by atoms with Crippen molar-refractivity contribution in [2.45, 2.75) is 39.8 Å². The van der Waals surface area contributed by atoms with Gasteiger partial charge in [-0.2, -0.15) is 13.9 Å². The van der Waals surface area contributed by atoms with Crippen LogP contribution in [0.3, 0.4) is 0 Å². The molecule has 1 amide bonds. The van der Waals surface area contributed by atoms with E-state index in [1.807, 2.05) is 0 Å². The molecule has 25 heavy (non-hydrogen) atoms. The molecule has 0 aliphatic carbocycles. The summed E-state index contributed by atoms with van der Waals surface area (Å²) >= 11 is 0. The van der Waals surface area contributed by atoms with E-state index in [2.05, 4.69) is 15.7 Å². The van der Waals surface area contributed by atoms with Gasteiger partial charge in [0, 0.05) is 17.8 Å². The van der Waals surface area contributed by atoms with Crippen molar-refractivity contribution in [2.75, 3.05) is 11.9 Å². The molecule has 2 aromatic rings. The number of nitrogens with one attached hydrogen (secondary N) is 2. The molecule has 1 aliphatic heterocycles. The van der Waals surface area contributed by atoms with Crippen LogP contribution in [0.25, 0.3) is 0 Å². The summed E-state index contributed by atoms with van der Waals surface area (Å²) in [5.41, 5.74) is 2.63. The van der Waals surface area contributed by atoms with Crippen molar-refractivity contribution >= 4 is 11.6 Å². The molecular formula is C17H19F3N4O. The van der Waals surface area contributed by atoms with Gasteiger partial charge in [0.05, 0.1) is 17.8 Å². The number of nitrogens with zero attached hydrogens (tertiary/aromatic N) is 2. The topological polar surface area (TPSA) is 59.0 Å². The first kappa shape index (κ1) is 17.5. The van der Waals surface area contributed by atoms with Crippen LogP contribution >= 0.6 is 0 Å². The van der Waals surface area contributed by atoms with Crippen LogP contribution in [-0.4, -0.2) is 22.2 Å². The number of rotatable bonds is 4. The first-order valence-corrected chi connectivity index (χ1v) is 8.02. The van der Waals surface area contributed by atoms with E-state index in [0.29, 0.717) is 41.0 Å². The van der Waals surface area contributed by atoms with Gasteiger partial charge in [0.1, 0.15) is 5.82 Å². The predicted octanol–water partition coefficient (Wildman–Crippen LogP) is 2.86. The molecule has 1 aromatic heterocycles. The molecule has 0 saturated carbocycles. The zero-order valence-corrected chi connectivity index (χ0v) is 14.0. The Labute approximate surface area is 143 Å². The Hall–Kier alpha value is -2.35. The number of hydrogen-bond donors (Lipinski definition) is 2. The van der Waals surface area contributed by atoms with E-state index >= 15 is 0 Å². The maximum absolute atomic E-state index is 14.6. The van der Waals surface area contributed by atoms with Crippen LogP contribution in [0, 0.1) is 19.7 Å². The standard InChI is InChI=1S/C17H19F3N4O/c1-9-13(10(2)24(23-9)17(19)20)7-15(25)22-14-4-3-11-8-21-6-5-12(11)16(14)18/h3-4,17,21H,5-8H2,1-2H3,(H,22,25). The Morgan fingerprint density at radius 1 is 1.40 bits per heavy atom. The molecule has 2 heterocycles. The Bertz CT molecular complexity index is 817. The molecule has 0 fully saturated rings. The van der Waals surface area contributed by atoms with E-state index in [-0.39, 0.29) is 17.8 Å². The van der Waals surface area contributed by atoms with Crippen molar-refractivity contribution in [3.63, 3.8) is 0 Å². The maximum atomic E-state index is 14.6. The largest absolute Gasteiger partial charge is 0.333 e. The van der Waals surface area contributed by atoms with Gasteiger partial charge in [0.2, 0.25) is 5.91 Å². The van der Waals surface area contributed by atoms with Crippen LogP contribution in [0.5, 0.6) is 0 Å². The van der Waals surface area contributed by atoms with Gasteiger partial charge in [0.15, 0.2) is 0 Å². The molecule has 8 heteroatoms. The number of alkyl halides is 2. The molecule has 0 atom stereocenters. The van der Waals surface area contributed by atoms with Crippen molar-refractivity contribution in [3.8, 4) is 0 Å². The van der Waals surface area contributed by atoms with Gasteiger partial charge in [-0.25, -0.2) is 9.07 Å². The monoisotopic (exact) mass is 352 g/mol. The van der Waals surface area contributed by atoms with Crippen LogP contribution < -0.4 is 10.6 Å². The summed E-state index contributed by atoms with van der Waals surface area (Å²) in [7, 11) is 0. The highest BCUT2D eigenvalue weighted by molar-refractivity contribution is 5.92. The molecule has 3 rings (SSSR count). The fourth-order valence-electron chi connectivity index (χ4n) is 3.13. The number of hydrogen-bond acceptors (Lipinski definition) is 3. The summed E-state index contributed by atoms with van der Waals surface area (Å²) in [5.74, 6) is -0.892. The second-order valence-corrected chi connectivity index (χ2v) is 6.09. The summed E-state index contributed by atoms with van der Waals surface area (Å²) in [4.78, 5) is 12.3. The number of fused-ring (bicyclic) bond motifs is 1. The van der Waals surface area contributed by atoms with Crippen LogP contribution in [0.2, 0.25) is 0 Å². The Morgan fingerprint density at radius 2 is 2.16 bits per heavy atom. The summed E-state index contributed by atoms with van der Waals surface area (Å²) in [6, 6.07) is 3.31. The normalized spacial score (nSPS) is 13.8. The summed E-state index contributed by atoms with van der Waals surface area (Å²) < 4.78 is 40.9. The number of halogens is 3. The number of benzene rings is 1. The van der Waals surface area contributed by atoms with E-state index in [0.717, 1.165) is 5.56 Å². The highest BCUT2D eigenvalue weighted by Crippen LogP contribution is 2.25. The number of carbonyl (C=O) groups excluding carboxylic acids is 1. The van der Waals surface area contributed by atoms with Crippen LogP contribution in [0.4, 0.5) is 18.9 Å². The minimum atomic E-state index is -2.76. The van der Waals surface area contributed by atoms with Gasteiger partial charge in [0.25, 0.3) is 0 Å². The third-order valence-corrected chi connectivity index (χ3v) is 4.48. The minimum absolute atomic E-state index is 0.113. The SMILES string of the molecule is Cc1nn(C(F)F)c(C)c1CC(=O)Nc1ccc2c(c1F)CCNC2. The summed E-state index contributed by atoms with van der Waals surface area (Å²) in [6.07, 6.45) is 0.423. The molecule has 0 radical (unpaired) electrons. The third kappa shape index (κ3) is 3.39. The quantitative estimate of drug-likeness (QED) is 0.890. The smallest absolute Gasteiger partial charge is 0.323 e. The van der Waals surface area contributed by atoms with E-state index < -0.39 is 18.3 Å². The number of aromatic nitrogens is 2. The molecule has 0 saturated heterocycles. The third-order valence-electron chi connectivity index (χ3n) is 4.48. The second kappa shape index (κ2) is 6.87. The Kier molecular flexibility index (Phi) is 4.80. The van der Waals surface area contributed by atoms with Gasteiger partial charge < -0.3 is 10.6 Å². The number of amides is 1. The Morgan fingerprint density at radius 3 is 2.84 bits per heavy atom. The lowest BCUT2D eigenvalue weighted by atomic mass is 9.99. The zero-order chi connectivity index (χ0) is 18.1. The second-order valence-electron chi connectivity index (χ2n) is 6.09. The number of anilines is 1. The van der Waals surface area contributed by atoms with Crippen molar-refractivity contribution in [1.82, 2.24) is 15.1 Å². The summed E-state index contributed by atoms with van der Waals surface area (Å²) in [5, 5.41) is 9.45. The summed E-state index contributed by atoms with van der Waals surface area (Å²) in [6.45, 7) is 1.59. The van der Waals surface area contributed by atoms with E-state index in [4.69, 9.17) is 0 Å². The van der Waals surface area contributed by atoms with Crippen molar-refractivity contribution in [3.05, 3.63) is 46.0 Å². The maximum Gasteiger partial charge on any atom is 0.333 e. The van der Waals surface area contributed by atoms with Gasteiger partial charge in [-0.05, 0) is 44.0 Å². The van der Waals surface area contributed by atoms with E-state index in [1.54, 1.807) is 13.0 Å². The molecule has 1 aromatic carbocycles. The van der Waals surface area contributed by atoms with Crippen molar-refractivity contribution in [2.24, 2.45) is 0 Å². The molecule has 0 spiro atoms. The molecule has 134 valence electrons. The van der Waals surface area contributed by atoms with E-state index in [9.17, 15) is 18.0 Å². The molecular weight excluding hydrogens is 333 g/mol. The predicted molar refractivity (Wildman–Crippen MR) is 87.1 cm³/mol. The van der Waals surface area contributed by atoms with Gasteiger partial charge in [-0.15, -0.1) is 0 Å². The molecule has 5 nitrogen and oxygen atoms in total. The van der Waals surface area contributed by atoms with Gasteiger partial charge in [-0.1, -0.05) is 6.07 Å². The van der Waals surface area contributed by atoms with Crippen LogP contribution in [0.1, 0.15) is 34.6 Å². The van der Waals surface area contributed by atoms with Gasteiger partial charge in [-0.3, -0.25) is 4.79 Å². The van der Waals surface area contributed by atoms with Crippen LogP contribution in [0.15, 0.2) is 12.1 Å². The van der Waals surface area contributed by atoms with Gasteiger partial charge >= 0.3 is 6.55 Å². The lowest BCUT2D eigenvalue weighted by Gasteiger charge is -2.19. The lowest BCUT2D eigenvalue weighted by molar-refractivity contribution is -0.115.